The third-order valence-electron chi connectivity index (χ3n) is 3.06. The summed E-state index contributed by atoms with van der Waals surface area (Å²) >= 11 is 0. The van der Waals surface area contributed by atoms with Crippen LogP contribution in [0.25, 0.3) is 0 Å². The van der Waals surface area contributed by atoms with E-state index in [-0.39, 0.29) is 12.9 Å². The summed E-state index contributed by atoms with van der Waals surface area (Å²) in [6.07, 6.45) is -2.48. The second-order valence-corrected chi connectivity index (χ2v) is 4.88. The van der Waals surface area contributed by atoms with Gasteiger partial charge in [0.2, 0.25) is 12.5 Å². The Morgan fingerprint density at radius 3 is 2.52 bits per heavy atom. The van der Waals surface area contributed by atoms with Crippen LogP contribution in [0.15, 0.2) is 30.3 Å². The number of nitrogens with zero attached hydrogens (tertiary/aromatic N) is 1. The second kappa shape index (κ2) is 7.90. The number of esters is 1. The van der Waals surface area contributed by atoms with Crippen LogP contribution in [0.5, 0.6) is 0 Å². The van der Waals surface area contributed by atoms with E-state index in [1.54, 1.807) is 30.3 Å². The molecule has 0 aliphatic carbocycles. The van der Waals surface area contributed by atoms with Crippen LogP contribution >= 0.6 is 0 Å². The van der Waals surface area contributed by atoms with Gasteiger partial charge in [0.1, 0.15) is 6.61 Å². The Bertz CT molecular complexity index is 690. The number of β-lactam (4-membered cyclic amide) rings is 1. The Hall–Kier alpha value is -3.43. The highest BCUT2D eigenvalue weighted by Gasteiger charge is 2.54. The largest absolute Gasteiger partial charge is 0.445 e. The zero-order chi connectivity index (χ0) is 18.4. The van der Waals surface area contributed by atoms with E-state index >= 15 is 0 Å². The molecule has 0 spiro atoms. The fourth-order valence-electron chi connectivity index (χ4n) is 1.96. The minimum Gasteiger partial charge on any atom is -0.445 e. The Morgan fingerprint density at radius 1 is 1.24 bits per heavy atom. The molecule has 2 amide bonds. The van der Waals surface area contributed by atoms with Crippen molar-refractivity contribution in [3.63, 3.8) is 0 Å². The monoisotopic (exact) mass is 350 g/mol. The third-order valence-corrected chi connectivity index (χ3v) is 3.06. The molecule has 0 aromatic heterocycles. The minimum absolute atomic E-state index is 0.0321. The Balaban J connectivity index is 1.93. The van der Waals surface area contributed by atoms with Crippen molar-refractivity contribution in [3.05, 3.63) is 35.9 Å². The highest BCUT2D eigenvalue weighted by Crippen LogP contribution is 2.22. The first-order valence-corrected chi connectivity index (χ1v) is 7.07. The predicted molar refractivity (Wildman–Crippen MR) is 78.1 cm³/mol. The van der Waals surface area contributed by atoms with E-state index in [2.05, 4.69) is 10.2 Å². The molecule has 1 aliphatic rings. The van der Waals surface area contributed by atoms with E-state index in [4.69, 9.17) is 9.47 Å². The number of amides is 2. The summed E-state index contributed by atoms with van der Waals surface area (Å²) in [6, 6.07) is 7.51. The van der Waals surface area contributed by atoms with Gasteiger partial charge in [0.25, 0.3) is 5.91 Å². The first-order valence-electron chi connectivity index (χ1n) is 7.07. The van der Waals surface area contributed by atoms with E-state index in [1.807, 2.05) is 0 Å². The second-order valence-electron chi connectivity index (χ2n) is 4.88. The standard InChI is InChI=1S/C15H14N2O8/c1-9(19)24-14-12(13(21)17(14)25-11(20)7-18)16-15(22)23-8-10-5-3-2-4-6-10/h2-7,12,14H,8H2,1H3,(H,16,22)/t12-,14+/m1/s1. The first-order chi connectivity index (χ1) is 11.9. The van der Waals surface area contributed by atoms with E-state index in [0.717, 1.165) is 12.5 Å². The molecule has 0 bridgehead atoms. The van der Waals surface area contributed by atoms with E-state index < -0.39 is 36.2 Å². The quantitative estimate of drug-likeness (QED) is 0.320. The molecular weight excluding hydrogens is 336 g/mol. The summed E-state index contributed by atoms with van der Waals surface area (Å²) in [5, 5.41) is 2.59. The lowest BCUT2D eigenvalue weighted by molar-refractivity contribution is -0.268. The van der Waals surface area contributed by atoms with Crippen LogP contribution in [0.2, 0.25) is 0 Å². The van der Waals surface area contributed by atoms with Crippen molar-refractivity contribution in [2.75, 3.05) is 0 Å². The van der Waals surface area contributed by atoms with Crippen molar-refractivity contribution in [2.24, 2.45) is 0 Å². The summed E-state index contributed by atoms with van der Waals surface area (Å²) < 4.78 is 9.74. The minimum atomic E-state index is -1.39. The zero-order valence-electron chi connectivity index (χ0n) is 13.0. The van der Waals surface area contributed by atoms with Gasteiger partial charge in [-0.05, 0) is 5.56 Å². The zero-order valence-corrected chi connectivity index (χ0v) is 13.0. The molecular formula is C15H14N2O8. The molecule has 132 valence electrons. The number of carbonyl (C=O) groups is 5. The maximum absolute atomic E-state index is 11.9. The Kier molecular flexibility index (Phi) is 5.66. The lowest BCUT2D eigenvalue weighted by Gasteiger charge is -2.42. The van der Waals surface area contributed by atoms with Crippen LogP contribution in [-0.4, -0.2) is 47.6 Å². The Labute approximate surface area is 141 Å². The molecule has 1 aliphatic heterocycles. The summed E-state index contributed by atoms with van der Waals surface area (Å²) in [6.45, 7) is 1.03. The average molecular weight is 350 g/mol. The number of hydroxylamine groups is 2. The van der Waals surface area contributed by atoms with Gasteiger partial charge in [0.15, 0.2) is 6.04 Å². The van der Waals surface area contributed by atoms with Crippen LogP contribution in [0.3, 0.4) is 0 Å². The predicted octanol–water partition coefficient (Wildman–Crippen LogP) is -0.330. The van der Waals surface area contributed by atoms with Crippen molar-refractivity contribution < 1.29 is 38.3 Å². The van der Waals surface area contributed by atoms with Crippen LogP contribution in [0.4, 0.5) is 4.79 Å². The fraction of sp³-hybridized carbons (Fsp3) is 0.267. The number of carbonyl (C=O) groups excluding carboxylic acids is 5. The smallest absolute Gasteiger partial charge is 0.408 e. The molecule has 2 rings (SSSR count). The van der Waals surface area contributed by atoms with Crippen molar-refractivity contribution in [1.29, 1.82) is 0 Å². The van der Waals surface area contributed by atoms with Gasteiger partial charge in [0, 0.05) is 6.92 Å². The number of rotatable bonds is 6. The molecule has 0 radical (unpaired) electrons. The highest BCUT2D eigenvalue weighted by atomic mass is 16.8. The molecule has 25 heavy (non-hydrogen) atoms. The number of alkyl carbamates (subject to hydrolysis) is 1. The molecule has 1 fully saturated rings. The van der Waals surface area contributed by atoms with Crippen molar-refractivity contribution in [1.82, 2.24) is 10.4 Å². The molecule has 10 nitrogen and oxygen atoms in total. The number of benzene rings is 1. The topological polar surface area (TPSA) is 128 Å². The maximum atomic E-state index is 11.9. The van der Waals surface area contributed by atoms with Crippen LogP contribution < -0.4 is 5.32 Å². The van der Waals surface area contributed by atoms with Gasteiger partial charge >= 0.3 is 18.0 Å². The molecule has 0 unspecified atom stereocenters. The molecule has 1 heterocycles. The van der Waals surface area contributed by atoms with E-state index in [0.29, 0.717) is 5.06 Å². The SMILES string of the molecule is CC(=O)O[C@H]1[C@H](NC(=O)OCc2ccccc2)C(=O)N1OC(=O)C=O. The number of hydrogen-bond acceptors (Lipinski definition) is 8. The number of hydrogen-bond donors (Lipinski definition) is 1. The Morgan fingerprint density at radius 2 is 1.92 bits per heavy atom. The van der Waals surface area contributed by atoms with Crippen molar-refractivity contribution in [3.8, 4) is 0 Å². The van der Waals surface area contributed by atoms with Gasteiger partial charge in [-0.15, -0.1) is 5.06 Å². The molecule has 0 saturated carbocycles. The van der Waals surface area contributed by atoms with Crippen molar-refractivity contribution >= 4 is 30.2 Å². The molecule has 1 N–H and O–H groups in total. The van der Waals surface area contributed by atoms with Gasteiger partial charge in [-0.1, -0.05) is 30.3 Å². The van der Waals surface area contributed by atoms with E-state index in [1.165, 1.54) is 0 Å². The third kappa shape index (κ3) is 4.53. The molecule has 2 atom stereocenters. The van der Waals surface area contributed by atoms with Crippen LogP contribution in [0, 0.1) is 0 Å². The van der Waals surface area contributed by atoms with Crippen molar-refractivity contribution in [2.45, 2.75) is 25.8 Å². The van der Waals surface area contributed by atoms with E-state index in [9.17, 15) is 24.0 Å². The fourth-order valence-corrected chi connectivity index (χ4v) is 1.96. The van der Waals surface area contributed by atoms with Gasteiger partial charge in [-0.2, -0.15) is 0 Å². The molecule has 1 aromatic carbocycles. The van der Waals surface area contributed by atoms with Gasteiger partial charge in [0.05, 0.1) is 0 Å². The summed E-state index contributed by atoms with van der Waals surface area (Å²) in [5.74, 6) is -3.01. The number of aldehydes is 1. The van der Waals surface area contributed by atoms with Crippen LogP contribution in [-0.2, 0) is 40.1 Å². The van der Waals surface area contributed by atoms with Gasteiger partial charge in [-0.25, -0.2) is 9.59 Å². The highest BCUT2D eigenvalue weighted by molar-refractivity contribution is 6.20. The van der Waals surface area contributed by atoms with Gasteiger partial charge in [-0.3, -0.25) is 14.4 Å². The summed E-state index contributed by atoms with van der Waals surface area (Å²) in [5.41, 5.74) is 0.732. The van der Waals surface area contributed by atoms with Crippen LogP contribution in [0.1, 0.15) is 12.5 Å². The summed E-state index contributed by atoms with van der Waals surface area (Å²) in [4.78, 5) is 60.4. The number of ether oxygens (including phenoxy) is 2. The molecule has 10 heteroatoms. The summed E-state index contributed by atoms with van der Waals surface area (Å²) in [7, 11) is 0. The number of nitrogens with one attached hydrogen (secondary N) is 1. The molecule has 1 aromatic rings. The lowest BCUT2D eigenvalue weighted by Crippen LogP contribution is -2.72. The maximum Gasteiger partial charge on any atom is 0.408 e. The van der Waals surface area contributed by atoms with Gasteiger partial charge < -0.3 is 19.6 Å². The average Bonchev–Trinajstić information content (AvgIpc) is 2.61. The molecule has 1 saturated heterocycles. The lowest BCUT2D eigenvalue weighted by atomic mass is 10.1. The first kappa shape index (κ1) is 17.9. The normalized spacial score (nSPS) is 18.6.